The van der Waals surface area contributed by atoms with Gasteiger partial charge in [-0.3, -0.25) is 4.79 Å². The maximum absolute atomic E-state index is 13.9. The molecule has 0 aromatic heterocycles. The van der Waals surface area contributed by atoms with E-state index in [0.717, 1.165) is 18.9 Å². The average Bonchev–Trinajstić information content (AvgIpc) is 2.95. The van der Waals surface area contributed by atoms with E-state index in [1.165, 1.54) is 19.2 Å². The van der Waals surface area contributed by atoms with Crippen LogP contribution in [0.15, 0.2) is 23.4 Å². The van der Waals surface area contributed by atoms with Crippen molar-refractivity contribution < 1.29 is 19.1 Å². The first kappa shape index (κ1) is 15.1. The quantitative estimate of drug-likeness (QED) is 0.340. The lowest BCUT2D eigenvalue weighted by Crippen LogP contribution is -2.55. The number of hydrogen-bond acceptors (Lipinski definition) is 4. The van der Waals surface area contributed by atoms with Crippen molar-refractivity contribution in [1.82, 2.24) is 5.32 Å². The molecule has 2 rings (SSSR count). The molecule has 0 heterocycles. The molecule has 1 aromatic carbocycles. The van der Waals surface area contributed by atoms with Crippen LogP contribution in [-0.2, 0) is 0 Å². The second kappa shape index (κ2) is 5.99. The molecule has 6 nitrogen and oxygen atoms in total. The Hall–Kier alpha value is -2.31. The Balaban J connectivity index is 2.24. The van der Waals surface area contributed by atoms with Gasteiger partial charge in [0, 0.05) is 6.07 Å². The smallest absolute Gasteiger partial charge is 0.255 e. The molecule has 1 aliphatic carbocycles. The number of ether oxygens (including phenoxy) is 1. The molecule has 4 N–H and O–H groups in total. The van der Waals surface area contributed by atoms with Gasteiger partial charge in [-0.1, -0.05) is 18.0 Å². The fraction of sp³-hybridized carbons (Fsp3) is 0.429. The van der Waals surface area contributed by atoms with Crippen molar-refractivity contribution in [3.63, 3.8) is 0 Å². The van der Waals surface area contributed by atoms with Crippen LogP contribution in [0.3, 0.4) is 0 Å². The Morgan fingerprint density at radius 2 is 2.14 bits per heavy atom. The lowest BCUT2D eigenvalue weighted by molar-refractivity contribution is 0.0918. The van der Waals surface area contributed by atoms with E-state index in [-0.39, 0.29) is 11.4 Å². The molecular weight excluding hydrogens is 277 g/mol. The van der Waals surface area contributed by atoms with Crippen molar-refractivity contribution in [1.29, 1.82) is 0 Å². The van der Waals surface area contributed by atoms with Crippen molar-refractivity contribution in [2.75, 3.05) is 7.11 Å². The molecule has 1 saturated carbocycles. The number of nitrogens with zero attached hydrogens (tertiary/aromatic N) is 1. The van der Waals surface area contributed by atoms with Crippen LogP contribution in [0.5, 0.6) is 5.75 Å². The highest BCUT2D eigenvalue weighted by molar-refractivity contribution is 6.00. The van der Waals surface area contributed by atoms with Crippen LogP contribution in [-0.4, -0.2) is 29.6 Å². The van der Waals surface area contributed by atoms with Gasteiger partial charge in [0.15, 0.2) is 5.84 Å². The molecule has 1 amide bonds. The summed E-state index contributed by atoms with van der Waals surface area (Å²) >= 11 is 0. The van der Waals surface area contributed by atoms with Crippen LogP contribution in [0.2, 0.25) is 0 Å². The van der Waals surface area contributed by atoms with Crippen molar-refractivity contribution in [3.05, 3.63) is 29.6 Å². The van der Waals surface area contributed by atoms with E-state index < -0.39 is 17.3 Å². The van der Waals surface area contributed by atoms with Crippen LogP contribution in [0.1, 0.15) is 36.0 Å². The Labute approximate surface area is 121 Å². The second-order valence-corrected chi connectivity index (χ2v) is 5.07. The van der Waals surface area contributed by atoms with Crippen molar-refractivity contribution in [2.45, 2.75) is 31.2 Å². The van der Waals surface area contributed by atoms with Crippen molar-refractivity contribution >= 4 is 11.7 Å². The fourth-order valence-electron chi connectivity index (χ4n) is 2.61. The van der Waals surface area contributed by atoms with Crippen LogP contribution >= 0.6 is 0 Å². The van der Waals surface area contributed by atoms with Gasteiger partial charge in [0.05, 0.1) is 12.7 Å². The number of halogens is 1. The number of carbonyl (C=O) groups excluding carboxylic acids is 1. The largest absolute Gasteiger partial charge is 0.497 e. The van der Waals surface area contributed by atoms with E-state index in [1.807, 2.05) is 0 Å². The molecule has 21 heavy (non-hydrogen) atoms. The van der Waals surface area contributed by atoms with Gasteiger partial charge in [-0.25, -0.2) is 4.39 Å². The molecule has 0 unspecified atom stereocenters. The van der Waals surface area contributed by atoms with E-state index in [4.69, 9.17) is 15.7 Å². The molecule has 0 spiro atoms. The Morgan fingerprint density at radius 3 is 2.67 bits per heavy atom. The van der Waals surface area contributed by atoms with Crippen molar-refractivity contribution in [3.8, 4) is 5.75 Å². The van der Waals surface area contributed by atoms with Gasteiger partial charge in [-0.05, 0) is 25.0 Å². The maximum atomic E-state index is 13.9. The summed E-state index contributed by atoms with van der Waals surface area (Å²) in [5, 5.41) is 14.6. The third kappa shape index (κ3) is 2.91. The monoisotopic (exact) mass is 295 g/mol. The Bertz CT molecular complexity index is 569. The predicted octanol–water partition coefficient (Wildman–Crippen LogP) is 1.62. The summed E-state index contributed by atoms with van der Waals surface area (Å²) in [4.78, 5) is 12.3. The number of hydrogen-bond donors (Lipinski definition) is 3. The highest BCUT2D eigenvalue weighted by atomic mass is 19.1. The molecule has 1 fully saturated rings. The molecule has 0 aliphatic heterocycles. The zero-order valence-electron chi connectivity index (χ0n) is 11.7. The van der Waals surface area contributed by atoms with Gasteiger partial charge in [0.25, 0.3) is 5.91 Å². The lowest BCUT2D eigenvalue weighted by Gasteiger charge is -2.28. The second-order valence-electron chi connectivity index (χ2n) is 5.07. The fourth-order valence-corrected chi connectivity index (χ4v) is 2.61. The number of oxime groups is 1. The predicted molar refractivity (Wildman–Crippen MR) is 75.0 cm³/mol. The average molecular weight is 295 g/mol. The number of amidine groups is 1. The van der Waals surface area contributed by atoms with Gasteiger partial charge < -0.3 is 21.0 Å². The standard InChI is InChI=1S/C14H18FN3O3/c1-21-9-4-5-10(11(15)8-9)12(19)17-14(13(16)18-20)6-2-3-7-14/h4-5,8,20H,2-3,6-7H2,1H3,(H2,16,18)(H,17,19). The molecule has 0 saturated heterocycles. The lowest BCUT2D eigenvalue weighted by atomic mass is 9.95. The third-order valence-electron chi connectivity index (χ3n) is 3.83. The van der Waals surface area contributed by atoms with E-state index in [9.17, 15) is 9.18 Å². The van der Waals surface area contributed by atoms with Gasteiger partial charge in [-0.15, -0.1) is 0 Å². The van der Waals surface area contributed by atoms with Crippen LogP contribution < -0.4 is 15.8 Å². The number of rotatable bonds is 4. The summed E-state index contributed by atoms with van der Waals surface area (Å²) in [7, 11) is 1.42. The molecule has 7 heteroatoms. The highest BCUT2D eigenvalue weighted by Crippen LogP contribution is 2.30. The first-order valence-corrected chi connectivity index (χ1v) is 6.66. The molecule has 0 bridgehead atoms. The van der Waals surface area contributed by atoms with Crippen LogP contribution in [0, 0.1) is 5.82 Å². The van der Waals surface area contributed by atoms with E-state index >= 15 is 0 Å². The maximum Gasteiger partial charge on any atom is 0.255 e. The topological polar surface area (TPSA) is 96.9 Å². The summed E-state index contributed by atoms with van der Waals surface area (Å²) in [6, 6.07) is 3.99. The van der Waals surface area contributed by atoms with Gasteiger partial charge in [-0.2, -0.15) is 0 Å². The number of nitrogens with one attached hydrogen (secondary N) is 1. The van der Waals surface area contributed by atoms with E-state index in [1.54, 1.807) is 0 Å². The molecule has 114 valence electrons. The van der Waals surface area contributed by atoms with Gasteiger partial charge in [0.2, 0.25) is 0 Å². The summed E-state index contributed by atoms with van der Waals surface area (Å²) in [5.74, 6) is -0.999. The molecular formula is C14H18FN3O3. The summed E-state index contributed by atoms with van der Waals surface area (Å²) in [5.41, 5.74) is 4.69. The van der Waals surface area contributed by atoms with Crippen LogP contribution in [0.4, 0.5) is 4.39 Å². The molecule has 0 radical (unpaired) electrons. The molecule has 0 atom stereocenters. The summed E-state index contributed by atoms with van der Waals surface area (Å²) < 4.78 is 18.8. The van der Waals surface area contributed by atoms with Gasteiger partial charge >= 0.3 is 0 Å². The highest BCUT2D eigenvalue weighted by Gasteiger charge is 2.40. The van der Waals surface area contributed by atoms with E-state index in [0.29, 0.717) is 18.6 Å². The van der Waals surface area contributed by atoms with Crippen LogP contribution in [0.25, 0.3) is 0 Å². The first-order valence-electron chi connectivity index (χ1n) is 6.66. The third-order valence-corrected chi connectivity index (χ3v) is 3.83. The summed E-state index contributed by atoms with van der Waals surface area (Å²) in [6.45, 7) is 0. The Kier molecular flexibility index (Phi) is 4.30. The minimum absolute atomic E-state index is 0.0535. The first-order chi connectivity index (χ1) is 10.0. The SMILES string of the molecule is COc1ccc(C(=O)NC2(/C(N)=N/O)CCCC2)c(F)c1. The normalized spacial score (nSPS) is 17.5. The van der Waals surface area contributed by atoms with Gasteiger partial charge in [0.1, 0.15) is 17.1 Å². The molecule has 1 aliphatic rings. The number of carbonyl (C=O) groups is 1. The minimum atomic E-state index is -0.905. The number of amides is 1. The number of benzene rings is 1. The zero-order chi connectivity index (χ0) is 15.5. The van der Waals surface area contributed by atoms with Crippen molar-refractivity contribution in [2.24, 2.45) is 10.9 Å². The number of nitrogens with two attached hydrogens (primary N) is 1. The molecule has 1 aromatic rings. The number of methoxy groups -OCH3 is 1. The van der Waals surface area contributed by atoms with E-state index in [2.05, 4.69) is 10.5 Å². The Morgan fingerprint density at radius 1 is 1.48 bits per heavy atom. The zero-order valence-corrected chi connectivity index (χ0v) is 11.7. The summed E-state index contributed by atoms with van der Waals surface area (Å²) in [6.07, 6.45) is 2.82. The minimum Gasteiger partial charge on any atom is -0.497 e.